The quantitative estimate of drug-likeness (QED) is 0.241. The molecule has 0 bridgehead atoms. The minimum absolute atomic E-state index is 0.345. The molecule has 1 aromatic heterocycles. The molecule has 0 unspecified atom stereocenters. The summed E-state index contributed by atoms with van der Waals surface area (Å²) in [5, 5.41) is 5.98. The molecule has 0 aliphatic heterocycles. The molecule has 5 rings (SSSR count). The second-order valence-corrected chi connectivity index (χ2v) is 9.14. The van der Waals surface area contributed by atoms with E-state index in [9.17, 15) is 9.18 Å². The van der Waals surface area contributed by atoms with Crippen LogP contribution in [0.5, 0.6) is 5.75 Å². The topological polar surface area (TPSA) is 51.5 Å². The van der Waals surface area contributed by atoms with Gasteiger partial charge in [0.1, 0.15) is 17.1 Å². The van der Waals surface area contributed by atoms with Crippen molar-refractivity contribution in [3.05, 3.63) is 102 Å². The molecule has 0 radical (unpaired) electrons. The number of allylic oxidation sites excluding steroid dienone is 1. The maximum absolute atomic E-state index is 13.9. The number of benzene rings is 4. The summed E-state index contributed by atoms with van der Waals surface area (Å²) in [6.07, 6.45) is 3.30. The van der Waals surface area contributed by atoms with E-state index in [1.807, 2.05) is 45.0 Å². The van der Waals surface area contributed by atoms with Gasteiger partial charge in [0.2, 0.25) is 5.91 Å². The summed E-state index contributed by atoms with van der Waals surface area (Å²) in [6.45, 7) is 7.92. The zero-order valence-corrected chi connectivity index (χ0v) is 21.3. The molecule has 4 nitrogen and oxygen atoms in total. The van der Waals surface area contributed by atoms with E-state index in [4.69, 9.17) is 9.15 Å². The number of amides is 1. The van der Waals surface area contributed by atoms with Gasteiger partial charge in [0.05, 0.1) is 12.9 Å². The van der Waals surface area contributed by atoms with Gasteiger partial charge in [-0.25, -0.2) is 4.39 Å². The first-order chi connectivity index (χ1) is 17.9. The first-order valence-corrected chi connectivity index (χ1v) is 12.3. The highest BCUT2D eigenvalue weighted by atomic mass is 19.1. The molecule has 4 aromatic carbocycles. The number of ether oxygens (including phenoxy) is 1. The number of furan rings is 1. The second kappa shape index (κ2) is 9.94. The Morgan fingerprint density at radius 3 is 2.57 bits per heavy atom. The fourth-order valence-corrected chi connectivity index (χ4v) is 4.73. The van der Waals surface area contributed by atoms with Gasteiger partial charge >= 0.3 is 0 Å². The first kappa shape index (κ1) is 24.3. The van der Waals surface area contributed by atoms with Crippen molar-refractivity contribution in [3.63, 3.8) is 0 Å². The predicted molar refractivity (Wildman–Crippen MR) is 148 cm³/mol. The van der Waals surface area contributed by atoms with Gasteiger partial charge in [-0.15, -0.1) is 0 Å². The second-order valence-electron chi connectivity index (χ2n) is 9.14. The number of hydrogen-bond acceptors (Lipinski definition) is 3. The van der Waals surface area contributed by atoms with E-state index in [-0.39, 0.29) is 11.7 Å². The highest BCUT2D eigenvalue weighted by Crippen LogP contribution is 2.42. The molecule has 0 aliphatic carbocycles. The van der Waals surface area contributed by atoms with Crippen LogP contribution in [0, 0.1) is 19.7 Å². The molecule has 0 spiro atoms. The summed E-state index contributed by atoms with van der Waals surface area (Å²) in [6, 6.07) is 21.2. The third-order valence-electron chi connectivity index (χ3n) is 6.62. The van der Waals surface area contributed by atoms with Crippen molar-refractivity contribution in [2.75, 3.05) is 11.9 Å². The van der Waals surface area contributed by atoms with Crippen LogP contribution >= 0.6 is 0 Å². The van der Waals surface area contributed by atoms with Gasteiger partial charge in [-0.05, 0) is 73.4 Å². The summed E-state index contributed by atoms with van der Waals surface area (Å²) >= 11 is 0. The Hall–Kier alpha value is -4.38. The van der Waals surface area contributed by atoms with Gasteiger partial charge in [-0.3, -0.25) is 4.79 Å². The van der Waals surface area contributed by atoms with E-state index >= 15 is 0 Å². The van der Waals surface area contributed by atoms with Crippen LogP contribution < -0.4 is 10.1 Å². The van der Waals surface area contributed by atoms with Gasteiger partial charge in [-0.2, -0.15) is 0 Å². The van der Waals surface area contributed by atoms with E-state index in [0.717, 1.165) is 49.6 Å². The van der Waals surface area contributed by atoms with E-state index in [0.29, 0.717) is 23.6 Å². The van der Waals surface area contributed by atoms with E-state index in [1.165, 1.54) is 12.1 Å². The lowest BCUT2D eigenvalue weighted by Gasteiger charge is -2.15. The van der Waals surface area contributed by atoms with Gasteiger partial charge in [0.25, 0.3) is 0 Å². The Morgan fingerprint density at radius 1 is 1.00 bits per heavy atom. The number of nitrogens with one attached hydrogen (secondary N) is 1. The van der Waals surface area contributed by atoms with Crippen LogP contribution in [-0.2, 0) is 4.79 Å². The van der Waals surface area contributed by atoms with Crippen LogP contribution in [0.3, 0.4) is 0 Å². The molecule has 0 saturated heterocycles. The van der Waals surface area contributed by atoms with Crippen molar-refractivity contribution >= 4 is 38.9 Å². The molecule has 1 N–H and O–H groups in total. The summed E-state index contributed by atoms with van der Waals surface area (Å²) in [5.41, 5.74) is 6.14. The minimum atomic E-state index is -0.362. The normalized spacial score (nSPS) is 11.8. The Labute approximate surface area is 215 Å². The van der Waals surface area contributed by atoms with Crippen LogP contribution in [0.25, 0.3) is 38.4 Å². The van der Waals surface area contributed by atoms with Crippen molar-refractivity contribution in [2.24, 2.45) is 0 Å². The lowest BCUT2D eigenvalue weighted by molar-refractivity contribution is -0.111. The Morgan fingerprint density at radius 2 is 1.78 bits per heavy atom. The van der Waals surface area contributed by atoms with Crippen LogP contribution in [0.2, 0.25) is 0 Å². The van der Waals surface area contributed by atoms with Crippen LogP contribution in [0.15, 0.2) is 83.5 Å². The van der Waals surface area contributed by atoms with Crippen molar-refractivity contribution in [1.82, 2.24) is 0 Å². The van der Waals surface area contributed by atoms with Gasteiger partial charge in [-0.1, -0.05) is 48.5 Å². The number of carbonyl (C=O) groups excluding carboxylic acids is 1. The smallest absolute Gasteiger partial charge is 0.248 e. The van der Waals surface area contributed by atoms with Gasteiger partial charge in [0, 0.05) is 33.8 Å². The van der Waals surface area contributed by atoms with Crippen LogP contribution in [0.1, 0.15) is 30.5 Å². The molecule has 0 aliphatic rings. The lowest BCUT2D eigenvalue weighted by atomic mass is 9.94. The number of hydrogen-bond donors (Lipinski definition) is 1. The molecular formula is C32H28FNO3. The first-order valence-electron chi connectivity index (χ1n) is 12.3. The monoisotopic (exact) mass is 493 g/mol. The SMILES string of the molecule is CCOc1c(/C(C)=C/C(=O)Nc2ccc(C)c(F)c2)cc2c(-c3cccc4ccccc34)coc2c1C. The standard InChI is InChI=1S/C32H28FNO3/c1-5-36-31-21(4)32-27(28(18-37-32)25-12-8-10-22-9-6-7-11-24(22)25)17-26(31)20(3)15-30(35)34-23-14-13-19(2)29(33)16-23/h6-18H,5H2,1-4H3,(H,34,35)/b20-15+. The number of aryl methyl sites for hydroxylation is 2. The minimum Gasteiger partial charge on any atom is -0.493 e. The molecule has 186 valence electrons. The van der Waals surface area contributed by atoms with Gasteiger partial charge < -0.3 is 14.5 Å². The number of fused-ring (bicyclic) bond motifs is 2. The van der Waals surface area contributed by atoms with Crippen molar-refractivity contribution < 1.29 is 18.3 Å². The molecule has 0 fully saturated rings. The summed E-state index contributed by atoms with van der Waals surface area (Å²) in [7, 11) is 0. The summed E-state index contributed by atoms with van der Waals surface area (Å²) in [5.74, 6) is -0.0293. The van der Waals surface area contributed by atoms with Crippen molar-refractivity contribution in [2.45, 2.75) is 27.7 Å². The number of halogens is 1. The number of carbonyl (C=O) groups is 1. The average molecular weight is 494 g/mol. The molecule has 37 heavy (non-hydrogen) atoms. The molecular weight excluding hydrogens is 465 g/mol. The van der Waals surface area contributed by atoms with E-state index < -0.39 is 0 Å². The molecule has 1 heterocycles. The highest BCUT2D eigenvalue weighted by Gasteiger charge is 2.20. The Bertz CT molecular complexity index is 1670. The maximum Gasteiger partial charge on any atom is 0.248 e. The fourth-order valence-electron chi connectivity index (χ4n) is 4.73. The van der Waals surface area contributed by atoms with Crippen molar-refractivity contribution in [1.29, 1.82) is 0 Å². The van der Waals surface area contributed by atoms with Crippen molar-refractivity contribution in [3.8, 4) is 16.9 Å². The number of anilines is 1. The Kier molecular flexibility index (Phi) is 6.53. The zero-order chi connectivity index (χ0) is 26.1. The van der Waals surface area contributed by atoms with Crippen LogP contribution in [-0.4, -0.2) is 12.5 Å². The zero-order valence-electron chi connectivity index (χ0n) is 21.3. The lowest BCUT2D eigenvalue weighted by Crippen LogP contribution is -2.09. The Balaban J connectivity index is 1.61. The van der Waals surface area contributed by atoms with Gasteiger partial charge in [0.15, 0.2) is 0 Å². The number of rotatable bonds is 6. The summed E-state index contributed by atoms with van der Waals surface area (Å²) < 4.78 is 26.0. The molecule has 5 heteroatoms. The summed E-state index contributed by atoms with van der Waals surface area (Å²) in [4.78, 5) is 12.8. The van der Waals surface area contributed by atoms with E-state index in [1.54, 1.807) is 25.3 Å². The molecule has 1 amide bonds. The van der Waals surface area contributed by atoms with E-state index in [2.05, 4.69) is 29.6 Å². The highest BCUT2D eigenvalue weighted by molar-refractivity contribution is 6.08. The molecule has 0 saturated carbocycles. The third kappa shape index (κ3) is 4.60. The molecule has 0 atom stereocenters. The maximum atomic E-state index is 13.9. The fraction of sp³-hybridized carbons (Fsp3) is 0.156. The average Bonchev–Trinajstić information content (AvgIpc) is 3.31. The molecule has 5 aromatic rings. The largest absolute Gasteiger partial charge is 0.493 e. The third-order valence-corrected chi connectivity index (χ3v) is 6.62. The van der Waals surface area contributed by atoms with Crippen LogP contribution in [0.4, 0.5) is 10.1 Å². The predicted octanol–water partition coefficient (Wildman–Crippen LogP) is 8.45.